The molecule has 52 heavy (non-hydrogen) atoms. The molecule has 0 aliphatic carbocycles. The van der Waals surface area contributed by atoms with Crippen molar-refractivity contribution in [3.63, 3.8) is 0 Å². The number of nitrogens with zero attached hydrogens (tertiary/aromatic N) is 5. The molecule has 2 saturated heterocycles. The van der Waals surface area contributed by atoms with Crippen LogP contribution in [0.5, 0.6) is 6.01 Å². The van der Waals surface area contributed by atoms with E-state index >= 15 is 0 Å². The van der Waals surface area contributed by atoms with E-state index in [0.717, 1.165) is 22.3 Å². The third-order valence-corrected chi connectivity index (χ3v) is 8.50. The molecule has 2 fully saturated rings. The maximum atomic E-state index is 13.6. The first-order valence-corrected chi connectivity index (χ1v) is 16.4. The first kappa shape index (κ1) is 34.4. The van der Waals surface area contributed by atoms with Crippen LogP contribution >= 0.6 is 0 Å². The molecule has 270 valence electrons. The highest BCUT2D eigenvalue weighted by atomic mass is 16.8. The minimum Gasteiger partial charge on any atom is -0.465 e. The van der Waals surface area contributed by atoms with Crippen molar-refractivity contribution in [2.45, 2.75) is 51.1 Å². The van der Waals surface area contributed by atoms with Crippen molar-refractivity contribution in [1.29, 1.82) is 0 Å². The number of imidazole rings is 1. The molecule has 2 aliphatic heterocycles. The summed E-state index contributed by atoms with van der Waals surface area (Å²) in [5.41, 5.74) is 4.82. The summed E-state index contributed by atoms with van der Waals surface area (Å²) >= 11 is 0. The van der Waals surface area contributed by atoms with E-state index in [1.54, 1.807) is 22.8 Å². The number of nitrogens with one attached hydrogen (secondary N) is 1. The average Bonchev–Trinajstić information content (AvgIpc) is 3.96. The second kappa shape index (κ2) is 15.0. The first-order valence-electron chi connectivity index (χ1n) is 16.4. The summed E-state index contributed by atoms with van der Waals surface area (Å²) in [6.07, 6.45) is -6.16. The smallest absolute Gasteiger partial charge is 0.465 e. The summed E-state index contributed by atoms with van der Waals surface area (Å²) in [6, 6.07) is 21.1. The van der Waals surface area contributed by atoms with Gasteiger partial charge in [-0.3, -0.25) is 4.57 Å². The van der Waals surface area contributed by atoms with Gasteiger partial charge in [0.15, 0.2) is 12.2 Å². The Balaban J connectivity index is 1.04. The molecule has 0 spiro atoms. The monoisotopic (exact) mass is 714 g/mol. The lowest BCUT2D eigenvalue weighted by molar-refractivity contribution is -0.0988. The second-order valence-electron chi connectivity index (χ2n) is 11.8. The lowest BCUT2D eigenvalue weighted by Gasteiger charge is -2.19. The number of rotatable bonds is 11. The van der Waals surface area contributed by atoms with Crippen LogP contribution in [0.3, 0.4) is 0 Å². The van der Waals surface area contributed by atoms with E-state index in [1.807, 2.05) is 55.5 Å². The predicted octanol–water partition coefficient (Wildman–Crippen LogP) is 4.30. The zero-order chi connectivity index (χ0) is 36.2. The van der Waals surface area contributed by atoms with E-state index in [2.05, 4.69) is 30.3 Å². The molecular weight excluding hydrogens is 680 g/mol. The number of carbonyl (C=O) groups is 3. The highest BCUT2D eigenvalue weighted by Gasteiger charge is 2.51. The summed E-state index contributed by atoms with van der Waals surface area (Å²) in [7, 11) is 1.19. The number of hydrogen-bond donors (Lipinski definition) is 1. The number of benzene rings is 3. The van der Waals surface area contributed by atoms with Gasteiger partial charge in [-0.05, 0) is 41.0 Å². The molecule has 2 aromatic heterocycles. The number of esters is 1. The third kappa shape index (κ3) is 7.08. The number of methoxy groups -OCH3 is 1. The Hall–Kier alpha value is -6.07. The number of aromatic nitrogens is 6. The van der Waals surface area contributed by atoms with Crippen LogP contribution < -0.4 is 4.74 Å². The highest BCUT2D eigenvalue weighted by molar-refractivity contribution is 6.02. The molecule has 0 amide bonds. The normalized spacial score (nSPS) is 19.8. The van der Waals surface area contributed by atoms with Gasteiger partial charge in [0.1, 0.15) is 12.2 Å². The van der Waals surface area contributed by atoms with Gasteiger partial charge in [-0.25, -0.2) is 14.4 Å². The van der Waals surface area contributed by atoms with Gasteiger partial charge in [0.05, 0.1) is 50.1 Å². The van der Waals surface area contributed by atoms with Crippen LogP contribution in [0.25, 0.3) is 33.5 Å². The maximum Gasteiger partial charge on any atom is 0.511 e. The average molecular weight is 715 g/mol. The SMILES string of the molecule is CCOc1nc2cccc(C(=O)OC(C)OC(=O)O[C@H]3CO[C@H]4[C@@H]3OC[C@H]4OC(=O)OC)c2n1Cc1ccc(-c2ccccc2-c2nn[nH]n2)cc1. The van der Waals surface area contributed by atoms with Crippen LogP contribution in [0, 0.1) is 0 Å². The van der Waals surface area contributed by atoms with Crippen molar-refractivity contribution < 1.29 is 52.3 Å². The van der Waals surface area contributed by atoms with Gasteiger partial charge < -0.3 is 37.9 Å². The maximum absolute atomic E-state index is 13.6. The molecule has 17 nitrogen and oxygen atoms in total. The first-order chi connectivity index (χ1) is 25.3. The summed E-state index contributed by atoms with van der Waals surface area (Å²) in [5, 5.41) is 14.4. The molecule has 2 aliphatic rings. The molecule has 1 unspecified atom stereocenters. The minimum atomic E-state index is -1.32. The van der Waals surface area contributed by atoms with E-state index in [1.165, 1.54) is 14.0 Å². The number of tetrazole rings is 1. The zero-order valence-corrected chi connectivity index (χ0v) is 28.3. The molecule has 7 rings (SSSR count). The molecule has 17 heteroatoms. The van der Waals surface area contributed by atoms with Crippen molar-refractivity contribution in [3.05, 3.63) is 77.9 Å². The molecule has 0 bridgehead atoms. The van der Waals surface area contributed by atoms with Gasteiger partial charge in [0, 0.05) is 12.5 Å². The van der Waals surface area contributed by atoms with Crippen LogP contribution in [-0.2, 0) is 39.7 Å². The van der Waals surface area contributed by atoms with E-state index in [-0.39, 0.29) is 18.8 Å². The summed E-state index contributed by atoms with van der Waals surface area (Å²) < 4.78 is 44.8. The Kier molecular flexibility index (Phi) is 9.94. The number of para-hydroxylation sites is 1. The van der Waals surface area contributed by atoms with Crippen LogP contribution in [-0.4, -0.2) is 106 Å². The zero-order valence-electron chi connectivity index (χ0n) is 28.3. The van der Waals surface area contributed by atoms with E-state index < -0.39 is 49.0 Å². The van der Waals surface area contributed by atoms with Gasteiger partial charge in [0.25, 0.3) is 6.01 Å². The molecule has 5 aromatic rings. The Morgan fingerprint density at radius 1 is 0.904 bits per heavy atom. The van der Waals surface area contributed by atoms with Crippen LogP contribution in [0.15, 0.2) is 66.7 Å². The number of H-pyrrole nitrogens is 1. The molecule has 3 aromatic carbocycles. The molecule has 0 saturated carbocycles. The third-order valence-electron chi connectivity index (χ3n) is 8.50. The number of fused-ring (bicyclic) bond motifs is 2. The van der Waals surface area contributed by atoms with Crippen LogP contribution in [0.2, 0.25) is 0 Å². The standard InChI is InChI=1S/C35H34N6O11/c1-4-46-33-36-25-11-7-10-24(32(42)49-19(2)50-35(44)52-27-18-48-29-26(17-47-30(27)29)51-34(43)45-3)28(25)41(33)16-20-12-14-21(15-13-20)22-8-5-6-9-23(22)31-37-39-40-38-31/h5-15,19,26-27,29-30H,4,16-18H2,1-3H3,(H,37,38,39,40)/t19?,26-,27+,29-,30-/m1/s1. The van der Waals surface area contributed by atoms with Crippen molar-refractivity contribution in [2.24, 2.45) is 0 Å². The van der Waals surface area contributed by atoms with Crippen molar-refractivity contribution >= 4 is 29.3 Å². The summed E-state index contributed by atoms with van der Waals surface area (Å²) in [5.74, 6) is -0.265. The van der Waals surface area contributed by atoms with Crippen molar-refractivity contribution in [3.8, 4) is 28.5 Å². The van der Waals surface area contributed by atoms with Gasteiger partial charge >= 0.3 is 18.3 Å². The predicted molar refractivity (Wildman–Crippen MR) is 178 cm³/mol. The quantitative estimate of drug-likeness (QED) is 0.115. The van der Waals surface area contributed by atoms with Gasteiger partial charge in [0.2, 0.25) is 12.1 Å². The van der Waals surface area contributed by atoms with Gasteiger partial charge in [-0.2, -0.15) is 10.2 Å². The Morgan fingerprint density at radius 3 is 2.29 bits per heavy atom. The Bertz CT molecular complexity index is 2050. The molecule has 4 heterocycles. The number of carbonyl (C=O) groups excluding carboxylic acids is 3. The summed E-state index contributed by atoms with van der Waals surface area (Å²) in [4.78, 5) is 42.4. The van der Waals surface area contributed by atoms with Crippen LogP contribution in [0.1, 0.15) is 29.8 Å². The summed E-state index contributed by atoms with van der Waals surface area (Å²) in [6.45, 7) is 3.94. The molecule has 0 radical (unpaired) electrons. The van der Waals surface area contributed by atoms with Crippen molar-refractivity contribution in [1.82, 2.24) is 30.2 Å². The van der Waals surface area contributed by atoms with Crippen LogP contribution in [0.4, 0.5) is 9.59 Å². The van der Waals surface area contributed by atoms with E-state index in [4.69, 9.17) is 33.2 Å². The molecule has 1 N–H and O–H groups in total. The van der Waals surface area contributed by atoms with Crippen molar-refractivity contribution in [2.75, 3.05) is 26.9 Å². The molecular formula is C35H34N6O11. The Labute approximate surface area is 296 Å². The number of aromatic amines is 1. The minimum absolute atomic E-state index is 0.00986. The van der Waals surface area contributed by atoms with Gasteiger partial charge in [-0.15, -0.1) is 10.2 Å². The fraction of sp³-hybridized carbons (Fsp3) is 0.343. The number of hydrogen-bond acceptors (Lipinski definition) is 15. The van der Waals surface area contributed by atoms with Gasteiger partial charge in [-0.1, -0.05) is 54.6 Å². The van der Waals surface area contributed by atoms with E-state index in [9.17, 15) is 14.4 Å². The van der Waals surface area contributed by atoms with E-state index in [0.29, 0.717) is 36.0 Å². The lowest BCUT2D eigenvalue weighted by Crippen LogP contribution is -2.36. The Morgan fingerprint density at radius 2 is 1.62 bits per heavy atom. The fourth-order valence-corrected chi connectivity index (χ4v) is 6.22. The second-order valence-corrected chi connectivity index (χ2v) is 11.8. The lowest BCUT2D eigenvalue weighted by atomic mass is 9.98. The number of ether oxygens (including phenoxy) is 8. The molecule has 5 atom stereocenters. The largest absolute Gasteiger partial charge is 0.511 e. The highest BCUT2D eigenvalue weighted by Crippen LogP contribution is 2.33. The topological polar surface area (TPSA) is 197 Å². The fourth-order valence-electron chi connectivity index (χ4n) is 6.22.